The predicted octanol–water partition coefficient (Wildman–Crippen LogP) is 2.70. The lowest BCUT2D eigenvalue weighted by Crippen LogP contribution is -2.45. The number of urea groups is 1. The van der Waals surface area contributed by atoms with Gasteiger partial charge in [0.15, 0.2) is 0 Å². The first-order valence-corrected chi connectivity index (χ1v) is 8.37. The van der Waals surface area contributed by atoms with Crippen molar-refractivity contribution in [1.82, 2.24) is 15.1 Å². The SMILES string of the molecule is CN(Cc1ccc(Br)cc1)CN1C(=O)NC2(CCCC2)C1=O. The van der Waals surface area contributed by atoms with Crippen molar-refractivity contribution in [3.05, 3.63) is 34.3 Å². The summed E-state index contributed by atoms with van der Waals surface area (Å²) in [6.45, 7) is 1.01. The first-order valence-electron chi connectivity index (χ1n) is 7.57. The average molecular weight is 366 g/mol. The minimum atomic E-state index is -0.616. The van der Waals surface area contributed by atoms with Crippen LogP contribution in [0.5, 0.6) is 0 Å². The van der Waals surface area contributed by atoms with Gasteiger partial charge in [-0.2, -0.15) is 0 Å². The van der Waals surface area contributed by atoms with Gasteiger partial charge >= 0.3 is 6.03 Å². The first-order chi connectivity index (χ1) is 10.5. The molecule has 1 aliphatic heterocycles. The maximum atomic E-state index is 12.6. The number of rotatable bonds is 4. The summed E-state index contributed by atoms with van der Waals surface area (Å²) in [5.74, 6) is -0.0577. The Kier molecular flexibility index (Phi) is 4.23. The maximum absolute atomic E-state index is 12.6. The maximum Gasteiger partial charge on any atom is 0.326 e. The molecule has 1 aromatic carbocycles. The van der Waals surface area contributed by atoms with Gasteiger partial charge in [-0.3, -0.25) is 9.69 Å². The molecule has 0 atom stereocenters. The minimum absolute atomic E-state index is 0.0577. The fourth-order valence-corrected chi connectivity index (χ4v) is 3.58. The van der Waals surface area contributed by atoms with E-state index >= 15 is 0 Å². The molecular weight excluding hydrogens is 346 g/mol. The summed E-state index contributed by atoms with van der Waals surface area (Å²) in [5, 5.41) is 2.91. The standard InChI is InChI=1S/C16H20BrN3O2/c1-19(10-12-4-6-13(17)7-5-12)11-20-14(21)16(18-15(20)22)8-2-3-9-16/h4-7H,2-3,8-11H2,1H3,(H,18,22). The van der Waals surface area contributed by atoms with Gasteiger partial charge in [0.1, 0.15) is 5.54 Å². The molecule has 6 heteroatoms. The molecule has 2 fully saturated rings. The Bertz CT molecular complexity index is 582. The van der Waals surface area contributed by atoms with Crippen LogP contribution in [0.15, 0.2) is 28.7 Å². The van der Waals surface area contributed by atoms with Crippen LogP contribution in [0.3, 0.4) is 0 Å². The van der Waals surface area contributed by atoms with Gasteiger partial charge in [0.25, 0.3) is 5.91 Å². The molecule has 0 aromatic heterocycles. The van der Waals surface area contributed by atoms with E-state index in [2.05, 4.69) is 21.2 Å². The molecule has 1 spiro atoms. The third kappa shape index (κ3) is 2.90. The van der Waals surface area contributed by atoms with E-state index in [1.807, 2.05) is 36.2 Å². The number of nitrogens with one attached hydrogen (secondary N) is 1. The molecule has 3 rings (SSSR count). The summed E-state index contributed by atoms with van der Waals surface area (Å²) in [7, 11) is 1.92. The zero-order chi connectivity index (χ0) is 15.7. The molecule has 118 valence electrons. The van der Waals surface area contributed by atoms with E-state index in [4.69, 9.17) is 0 Å². The Labute approximate surface area is 138 Å². The molecule has 0 bridgehead atoms. The van der Waals surface area contributed by atoms with E-state index in [1.54, 1.807) is 0 Å². The molecule has 2 aliphatic rings. The zero-order valence-electron chi connectivity index (χ0n) is 12.6. The normalized spacial score (nSPS) is 20.2. The van der Waals surface area contributed by atoms with Gasteiger partial charge in [-0.25, -0.2) is 9.69 Å². The fraction of sp³-hybridized carbons (Fsp3) is 0.500. The van der Waals surface area contributed by atoms with Crippen LogP contribution in [-0.4, -0.2) is 41.0 Å². The molecule has 1 aromatic rings. The van der Waals surface area contributed by atoms with Crippen LogP contribution >= 0.6 is 15.9 Å². The summed E-state index contributed by atoms with van der Waals surface area (Å²) in [6, 6.07) is 7.79. The van der Waals surface area contributed by atoms with Gasteiger partial charge in [-0.15, -0.1) is 0 Å². The number of carbonyl (C=O) groups excluding carboxylic acids is 2. The van der Waals surface area contributed by atoms with Gasteiger partial charge in [0.2, 0.25) is 0 Å². The third-order valence-corrected chi connectivity index (χ3v) is 4.98. The van der Waals surface area contributed by atoms with Gasteiger partial charge in [-0.1, -0.05) is 40.9 Å². The summed E-state index contributed by atoms with van der Waals surface area (Å²) < 4.78 is 1.04. The molecule has 1 saturated heterocycles. The lowest BCUT2D eigenvalue weighted by Gasteiger charge is -2.24. The number of imide groups is 1. The van der Waals surface area contributed by atoms with Crippen LogP contribution in [0, 0.1) is 0 Å². The third-order valence-electron chi connectivity index (χ3n) is 4.45. The largest absolute Gasteiger partial charge is 0.326 e. The lowest BCUT2D eigenvalue weighted by atomic mass is 9.98. The van der Waals surface area contributed by atoms with Crippen molar-refractivity contribution >= 4 is 27.9 Å². The molecule has 5 nitrogen and oxygen atoms in total. The highest BCUT2D eigenvalue weighted by Crippen LogP contribution is 2.35. The number of carbonyl (C=O) groups is 2. The van der Waals surface area contributed by atoms with Crippen molar-refractivity contribution in [1.29, 1.82) is 0 Å². The minimum Gasteiger partial charge on any atom is -0.323 e. The Hall–Kier alpha value is -1.40. The number of halogens is 1. The Morgan fingerprint density at radius 3 is 2.50 bits per heavy atom. The molecule has 22 heavy (non-hydrogen) atoms. The highest BCUT2D eigenvalue weighted by atomic mass is 79.9. The van der Waals surface area contributed by atoms with Crippen LogP contribution in [-0.2, 0) is 11.3 Å². The summed E-state index contributed by atoms with van der Waals surface area (Å²) in [5.41, 5.74) is 0.531. The van der Waals surface area contributed by atoms with E-state index in [1.165, 1.54) is 4.90 Å². The number of benzene rings is 1. The Balaban J connectivity index is 1.63. The number of hydrogen-bond donors (Lipinski definition) is 1. The van der Waals surface area contributed by atoms with Gasteiger partial charge in [0, 0.05) is 11.0 Å². The zero-order valence-corrected chi connectivity index (χ0v) is 14.2. The lowest BCUT2D eigenvalue weighted by molar-refractivity contribution is -0.132. The quantitative estimate of drug-likeness (QED) is 0.834. The molecule has 1 saturated carbocycles. The monoisotopic (exact) mass is 365 g/mol. The van der Waals surface area contributed by atoms with Crippen LogP contribution in [0.1, 0.15) is 31.2 Å². The van der Waals surface area contributed by atoms with Gasteiger partial charge in [0.05, 0.1) is 6.67 Å². The smallest absolute Gasteiger partial charge is 0.323 e. The van der Waals surface area contributed by atoms with E-state index in [0.717, 1.165) is 35.7 Å². The highest BCUT2D eigenvalue weighted by Gasteiger charge is 2.52. The summed E-state index contributed by atoms with van der Waals surface area (Å²) >= 11 is 3.41. The molecule has 1 heterocycles. The van der Waals surface area contributed by atoms with Crippen LogP contribution in [0.25, 0.3) is 0 Å². The summed E-state index contributed by atoms with van der Waals surface area (Å²) in [4.78, 5) is 28.1. The molecule has 1 aliphatic carbocycles. The van der Waals surface area contributed by atoms with Crippen LogP contribution < -0.4 is 5.32 Å². The van der Waals surface area contributed by atoms with Crippen molar-refractivity contribution in [2.24, 2.45) is 0 Å². The average Bonchev–Trinajstić information content (AvgIpc) is 3.03. The topological polar surface area (TPSA) is 52.6 Å². The second-order valence-electron chi connectivity index (χ2n) is 6.23. The number of nitrogens with zero attached hydrogens (tertiary/aromatic N) is 2. The predicted molar refractivity (Wildman–Crippen MR) is 87.1 cm³/mol. The molecule has 3 amide bonds. The Morgan fingerprint density at radius 2 is 1.86 bits per heavy atom. The van der Waals surface area contributed by atoms with E-state index in [9.17, 15) is 9.59 Å². The fourth-order valence-electron chi connectivity index (χ4n) is 3.31. The molecule has 0 unspecified atom stereocenters. The number of amides is 3. The second kappa shape index (κ2) is 6.01. The van der Waals surface area contributed by atoms with Gasteiger partial charge in [-0.05, 0) is 37.6 Å². The van der Waals surface area contributed by atoms with E-state index < -0.39 is 5.54 Å². The summed E-state index contributed by atoms with van der Waals surface area (Å²) in [6.07, 6.45) is 3.55. The van der Waals surface area contributed by atoms with Gasteiger partial charge < -0.3 is 5.32 Å². The first kappa shape index (κ1) is 15.5. The molecule has 1 N–H and O–H groups in total. The highest BCUT2D eigenvalue weighted by molar-refractivity contribution is 9.10. The molecular formula is C16H20BrN3O2. The van der Waals surface area contributed by atoms with Crippen molar-refractivity contribution in [3.8, 4) is 0 Å². The van der Waals surface area contributed by atoms with E-state index in [-0.39, 0.29) is 11.9 Å². The Morgan fingerprint density at radius 1 is 1.23 bits per heavy atom. The van der Waals surface area contributed by atoms with Crippen molar-refractivity contribution in [2.75, 3.05) is 13.7 Å². The number of hydrogen-bond acceptors (Lipinski definition) is 3. The van der Waals surface area contributed by atoms with E-state index in [0.29, 0.717) is 13.2 Å². The van der Waals surface area contributed by atoms with Crippen LogP contribution in [0.2, 0.25) is 0 Å². The second-order valence-corrected chi connectivity index (χ2v) is 7.15. The van der Waals surface area contributed by atoms with Crippen LogP contribution in [0.4, 0.5) is 4.79 Å². The van der Waals surface area contributed by atoms with Crippen molar-refractivity contribution in [3.63, 3.8) is 0 Å². The molecule has 0 radical (unpaired) electrons. The van der Waals surface area contributed by atoms with Crippen molar-refractivity contribution < 1.29 is 9.59 Å². The van der Waals surface area contributed by atoms with Crippen molar-refractivity contribution in [2.45, 2.75) is 37.8 Å².